The molecule has 4 nitrogen and oxygen atoms in total. The van der Waals surface area contributed by atoms with Crippen LogP contribution in [0.2, 0.25) is 0 Å². The van der Waals surface area contributed by atoms with Gasteiger partial charge < -0.3 is 0 Å². The third-order valence-corrected chi connectivity index (χ3v) is 21.0. The normalized spacial score (nSPS) is 15.9. The van der Waals surface area contributed by atoms with Crippen LogP contribution in [0.1, 0.15) is 250 Å². The van der Waals surface area contributed by atoms with Gasteiger partial charge in [0.25, 0.3) is 0 Å². The molecule has 0 aliphatic carbocycles. The van der Waals surface area contributed by atoms with Crippen LogP contribution in [-0.4, -0.2) is 37.9 Å². The molecule has 0 fully saturated rings. The predicted molar refractivity (Wildman–Crippen MR) is 247 cm³/mol. The first-order chi connectivity index (χ1) is 25.5. The van der Waals surface area contributed by atoms with Gasteiger partial charge in [-0.05, 0) is 0 Å². The van der Waals surface area contributed by atoms with Gasteiger partial charge in [-0.25, -0.2) is 0 Å². The van der Waals surface area contributed by atoms with Gasteiger partial charge in [-0.15, -0.1) is 0 Å². The molecule has 0 amide bonds. The molecule has 0 bridgehead atoms. The Morgan fingerprint density at radius 2 is 0.667 bits per heavy atom. The van der Waals surface area contributed by atoms with Crippen LogP contribution in [0.3, 0.4) is 0 Å². The Labute approximate surface area is 342 Å². The monoisotopic (exact) mass is 805 g/mol. The maximum atomic E-state index is 15.5. The van der Waals surface area contributed by atoms with Crippen LogP contribution >= 0.6 is 14.7 Å². The summed E-state index contributed by atoms with van der Waals surface area (Å²) in [5, 5.41) is 0. The standard InChI is InChI=1S/C48H102O4P2/c1-13-17-21-25-26-27-28-29-30-31-32-36-40-54(37-33-22-18-14-2,38-34-23-19-15-3,39-35-24-20-16-4)52-53(49,50-43-45(5)41-47(7,8)9)51-44-46(6)42-48(10,11)12/h45-46H,13-44H2,1-12H3. The zero-order chi connectivity index (χ0) is 40.9. The number of hydrogen-bond donors (Lipinski definition) is 0. The van der Waals surface area contributed by atoms with Crippen molar-refractivity contribution >= 4 is 14.7 Å². The van der Waals surface area contributed by atoms with Gasteiger partial charge in [0.15, 0.2) is 0 Å². The number of unbranched alkanes of at least 4 members (excludes halogenated alkanes) is 20. The van der Waals surface area contributed by atoms with E-state index < -0.39 is 14.7 Å². The Balaban J connectivity index is 6.61. The molecule has 0 saturated carbocycles. The van der Waals surface area contributed by atoms with E-state index in [1.165, 1.54) is 154 Å². The summed E-state index contributed by atoms with van der Waals surface area (Å²) >= 11 is 0. The van der Waals surface area contributed by atoms with E-state index in [1.54, 1.807) is 0 Å². The third kappa shape index (κ3) is 28.9. The van der Waals surface area contributed by atoms with Crippen LogP contribution in [0.5, 0.6) is 0 Å². The first-order valence-electron chi connectivity index (χ1n) is 24.1. The minimum atomic E-state index is -3.84. The first kappa shape index (κ1) is 54.5. The second kappa shape index (κ2) is 30.6. The van der Waals surface area contributed by atoms with Crippen molar-refractivity contribution in [3.63, 3.8) is 0 Å². The van der Waals surface area contributed by atoms with Crippen molar-refractivity contribution in [2.24, 2.45) is 22.7 Å². The summed E-state index contributed by atoms with van der Waals surface area (Å²) in [6.07, 6.45) is 37.3. The molecule has 0 aromatic carbocycles. The Morgan fingerprint density at radius 1 is 0.426 bits per heavy atom. The van der Waals surface area contributed by atoms with E-state index in [1.807, 2.05) is 0 Å². The Hall–Kier alpha value is 0.540. The fourth-order valence-electron chi connectivity index (χ4n) is 9.02. The molecule has 0 aliphatic rings. The van der Waals surface area contributed by atoms with Gasteiger partial charge in [0.05, 0.1) is 0 Å². The van der Waals surface area contributed by atoms with Crippen molar-refractivity contribution in [3.8, 4) is 0 Å². The van der Waals surface area contributed by atoms with Crippen molar-refractivity contribution in [1.82, 2.24) is 0 Å². The Morgan fingerprint density at radius 3 is 0.926 bits per heavy atom. The maximum absolute atomic E-state index is 15.5. The van der Waals surface area contributed by atoms with E-state index in [-0.39, 0.29) is 22.7 Å². The average Bonchev–Trinajstić information content (AvgIpc) is 3.08. The molecular formula is C48H102O4P2. The molecule has 0 saturated heterocycles. The molecule has 0 aromatic heterocycles. The molecule has 0 radical (unpaired) electrons. The van der Waals surface area contributed by atoms with Crippen LogP contribution in [0.15, 0.2) is 0 Å². The molecule has 0 heterocycles. The van der Waals surface area contributed by atoms with E-state index >= 15 is 4.57 Å². The fourth-order valence-corrected chi connectivity index (χ4v) is 19.3. The molecule has 0 aromatic rings. The van der Waals surface area contributed by atoms with Crippen molar-refractivity contribution in [3.05, 3.63) is 0 Å². The zero-order valence-corrected chi connectivity index (χ0v) is 41.1. The average molecular weight is 805 g/mol. The summed E-state index contributed by atoms with van der Waals surface area (Å²) in [6.45, 7) is 25.3. The van der Waals surface area contributed by atoms with Gasteiger partial charge in [-0.1, -0.05) is 13.3 Å². The van der Waals surface area contributed by atoms with Crippen molar-refractivity contribution < 1.29 is 17.9 Å². The van der Waals surface area contributed by atoms with Crippen molar-refractivity contribution in [1.29, 1.82) is 0 Å². The summed E-state index contributed by atoms with van der Waals surface area (Å²) in [4.78, 5) is 0. The van der Waals surface area contributed by atoms with Gasteiger partial charge in [0, 0.05) is 0 Å². The predicted octanol–water partition coefficient (Wildman–Crippen LogP) is 18.2. The zero-order valence-electron chi connectivity index (χ0n) is 39.3. The van der Waals surface area contributed by atoms with E-state index in [0.717, 1.165) is 37.5 Å². The number of hydrogen-bond acceptors (Lipinski definition) is 4. The summed E-state index contributed by atoms with van der Waals surface area (Å²) in [5.74, 6) is 0.553. The molecular weight excluding hydrogens is 702 g/mol. The van der Waals surface area contributed by atoms with Crippen molar-refractivity contribution in [2.45, 2.75) is 250 Å². The topological polar surface area (TPSA) is 44.8 Å². The number of rotatable bonds is 38. The van der Waals surface area contributed by atoms with E-state index in [4.69, 9.17) is 13.4 Å². The summed E-state index contributed by atoms with van der Waals surface area (Å²) < 4.78 is 36.5. The second-order valence-electron chi connectivity index (χ2n) is 20.7. The molecule has 54 heavy (non-hydrogen) atoms. The van der Waals surface area contributed by atoms with Crippen LogP contribution < -0.4 is 0 Å². The summed E-state index contributed by atoms with van der Waals surface area (Å²) in [6, 6.07) is 0. The van der Waals surface area contributed by atoms with Crippen molar-refractivity contribution in [2.75, 3.05) is 37.9 Å². The molecule has 328 valence electrons. The van der Waals surface area contributed by atoms with E-state index in [9.17, 15) is 0 Å². The minimum absolute atomic E-state index is 0.182. The molecule has 0 N–H and O–H groups in total. The van der Waals surface area contributed by atoms with E-state index in [2.05, 4.69) is 83.1 Å². The van der Waals surface area contributed by atoms with Gasteiger partial charge in [-0.3, -0.25) is 0 Å². The van der Waals surface area contributed by atoms with Crippen LogP contribution in [0.25, 0.3) is 0 Å². The molecule has 2 atom stereocenters. The van der Waals surface area contributed by atoms with E-state index in [0.29, 0.717) is 13.2 Å². The molecule has 2 unspecified atom stereocenters. The van der Waals surface area contributed by atoms with Gasteiger partial charge in [0.1, 0.15) is 0 Å². The van der Waals surface area contributed by atoms with Gasteiger partial charge >= 0.3 is 330 Å². The molecule has 0 spiro atoms. The molecule has 0 rings (SSSR count). The van der Waals surface area contributed by atoms with Gasteiger partial charge in [0.2, 0.25) is 0 Å². The van der Waals surface area contributed by atoms with Crippen LogP contribution in [0, 0.1) is 22.7 Å². The Bertz CT molecular complexity index is 843. The second-order valence-corrected chi connectivity index (χ2v) is 28.3. The SMILES string of the molecule is CCCCCCCCCCCCCCP(CCCCCC)(CCCCCC)(CCCCCC)OP(=O)(OCC(C)CC(C)(C)C)OCC(C)CC(C)(C)C. The number of phosphoric acid groups is 1. The molecule has 6 heteroatoms. The van der Waals surface area contributed by atoms with Crippen LogP contribution in [-0.2, 0) is 17.9 Å². The summed E-state index contributed by atoms with van der Waals surface area (Å²) in [7, 11) is -3.84. The Kier molecular flexibility index (Phi) is 30.9. The fraction of sp³-hybridized carbons (Fsp3) is 1.00. The van der Waals surface area contributed by atoms with Gasteiger partial charge in [-0.2, -0.15) is 0 Å². The molecule has 0 aliphatic heterocycles. The first-order valence-corrected chi connectivity index (χ1v) is 28.4. The number of phosphoric ester groups is 1. The third-order valence-electron chi connectivity index (χ3n) is 11.6. The van der Waals surface area contributed by atoms with Crippen LogP contribution in [0.4, 0.5) is 0 Å². The quantitative estimate of drug-likeness (QED) is 0.0461. The summed E-state index contributed by atoms with van der Waals surface area (Å²) in [5.41, 5.74) is 0.364.